The number of rotatable bonds is 4. The van der Waals surface area contributed by atoms with Gasteiger partial charge in [0.1, 0.15) is 5.75 Å². The van der Waals surface area contributed by atoms with Crippen LogP contribution in [0.3, 0.4) is 0 Å². The van der Waals surface area contributed by atoms with Crippen LogP contribution in [-0.4, -0.2) is 17.7 Å². The van der Waals surface area contributed by atoms with E-state index in [0.29, 0.717) is 16.7 Å². The maximum atomic E-state index is 10.4. The molecule has 1 saturated carbocycles. The highest BCUT2D eigenvalue weighted by Gasteiger charge is 2.26. The second-order valence-electron chi connectivity index (χ2n) is 3.64. The van der Waals surface area contributed by atoms with Crippen LogP contribution in [0.15, 0.2) is 18.2 Å². The summed E-state index contributed by atoms with van der Waals surface area (Å²) in [4.78, 5) is 10.4. The Balaban J connectivity index is 2.18. The summed E-state index contributed by atoms with van der Waals surface area (Å²) in [5.41, 5.74) is 1.07. The third-order valence-corrected chi connectivity index (χ3v) is 2.58. The van der Waals surface area contributed by atoms with Gasteiger partial charge in [-0.1, -0.05) is 17.7 Å². The van der Waals surface area contributed by atoms with Gasteiger partial charge in [-0.2, -0.15) is 0 Å². The molecule has 0 bridgehead atoms. The SMILES string of the molecule is O=C(O)COc1cc(Cl)ccc1C1CC1. The summed E-state index contributed by atoms with van der Waals surface area (Å²) >= 11 is 5.83. The molecule has 1 fully saturated rings. The topological polar surface area (TPSA) is 46.5 Å². The summed E-state index contributed by atoms with van der Waals surface area (Å²) in [5.74, 6) is 0.148. The molecule has 4 heteroatoms. The minimum atomic E-state index is -0.975. The van der Waals surface area contributed by atoms with Crippen LogP contribution in [0.5, 0.6) is 5.75 Å². The third-order valence-electron chi connectivity index (χ3n) is 2.34. The summed E-state index contributed by atoms with van der Waals surface area (Å²) in [7, 11) is 0. The van der Waals surface area contributed by atoms with E-state index < -0.39 is 5.97 Å². The van der Waals surface area contributed by atoms with E-state index >= 15 is 0 Å². The predicted octanol–water partition coefficient (Wildman–Crippen LogP) is 2.68. The summed E-state index contributed by atoms with van der Waals surface area (Å²) in [6.45, 7) is -0.319. The molecular weight excluding hydrogens is 216 g/mol. The van der Waals surface area contributed by atoms with Gasteiger partial charge in [-0.05, 0) is 36.5 Å². The van der Waals surface area contributed by atoms with Crippen molar-refractivity contribution >= 4 is 17.6 Å². The quantitative estimate of drug-likeness (QED) is 0.859. The molecule has 0 aromatic heterocycles. The first-order valence-corrected chi connectivity index (χ1v) is 5.18. The van der Waals surface area contributed by atoms with E-state index in [1.807, 2.05) is 12.1 Å². The molecule has 2 rings (SSSR count). The summed E-state index contributed by atoms with van der Waals surface area (Å²) in [5, 5.41) is 9.10. The number of benzene rings is 1. The number of ether oxygens (including phenoxy) is 1. The summed E-state index contributed by atoms with van der Waals surface area (Å²) in [6, 6.07) is 5.40. The zero-order chi connectivity index (χ0) is 10.8. The van der Waals surface area contributed by atoms with Crippen molar-refractivity contribution in [1.29, 1.82) is 0 Å². The molecule has 0 radical (unpaired) electrons. The molecule has 15 heavy (non-hydrogen) atoms. The molecule has 0 saturated heterocycles. The van der Waals surface area contributed by atoms with Crippen LogP contribution in [0.4, 0.5) is 0 Å². The van der Waals surface area contributed by atoms with Crippen molar-refractivity contribution in [2.45, 2.75) is 18.8 Å². The molecule has 3 nitrogen and oxygen atoms in total. The normalized spacial score (nSPS) is 15.0. The average Bonchev–Trinajstić information content (AvgIpc) is 2.98. The Morgan fingerprint density at radius 2 is 2.27 bits per heavy atom. The Morgan fingerprint density at radius 3 is 2.87 bits per heavy atom. The number of aliphatic carboxylic acids is 1. The fourth-order valence-corrected chi connectivity index (χ4v) is 1.67. The van der Waals surface area contributed by atoms with E-state index in [4.69, 9.17) is 21.4 Å². The van der Waals surface area contributed by atoms with Gasteiger partial charge in [0.25, 0.3) is 0 Å². The van der Waals surface area contributed by atoms with Crippen molar-refractivity contribution in [2.75, 3.05) is 6.61 Å². The molecule has 0 atom stereocenters. The van der Waals surface area contributed by atoms with Crippen molar-refractivity contribution in [3.8, 4) is 5.75 Å². The third kappa shape index (κ3) is 2.63. The van der Waals surface area contributed by atoms with Crippen molar-refractivity contribution in [1.82, 2.24) is 0 Å². The highest BCUT2D eigenvalue weighted by atomic mass is 35.5. The Kier molecular flexibility index (Phi) is 2.82. The van der Waals surface area contributed by atoms with E-state index in [1.54, 1.807) is 6.07 Å². The lowest BCUT2D eigenvalue weighted by molar-refractivity contribution is -0.139. The molecule has 0 amide bonds. The zero-order valence-electron chi connectivity index (χ0n) is 8.07. The maximum absolute atomic E-state index is 10.4. The fraction of sp³-hybridized carbons (Fsp3) is 0.364. The zero-order valence-corrected chi connectivity index (χ0v) is 8.83. The van der Waals surface area contributed by atoms with Crippen molar-refractivity contribution < 1.29 is 14.6 Å². The largest absolute Gasteiger partial charge is 0.482 e. The maximum Gasteiger partial charge on any atom is 0.341 e. The van der Waals surface area contributed by atoms with Crippen LogP contribution < -0.4 is 4.74 Å². The summed E-state index contributed by atoms with van der Waals surface area (Å²) < 4.78 is 5.20. The van der Waals surface area contributed by atoms with Crippen LogP contribution >= 0.6 is 11.6 Å². The number of carboxylic acid groups (broad SMARTS) is 1. The Labute approximate surface area is 92.6 Å². The van der Waals surface area contributed by atoms with Crippen molar-refractivity contribution in [3.63, 3.8) is 0 Å². The van der Waals surface area contributed by atoms with Gasteiger partial charge in [0.05, 0.1) is 0 Å². The molecule has 0 unspecified atom stereocenters. The van der Waals surface area contributed by atoms with E-state index in [2.05, 4.69) is 0 Å². The Hall–Kier alpha value is -1.22. The smallest absolute Gasteiger partial charge is 0.341 e. The molecule has 1 aliphatic rings. The van der Waals surface area contributed by atoms with Gasteiger partial charge in [-0.25, -0.2) is 4.79 Å². The fourth-order valence-electron chi connectivity index (χ4n) is 1.50. The minimum absolute atomic E-state index is 0.319. The van der Waals surface area contributed by atoms with Crippen LogP contribution in [-0.2, 0) is 4.79 Å². The second-order valence-corrected chi connectivity index (χ2v) is 4.08. The molecule has 0 spiro atoms. The van der Waals surface area contributed by atoms with E-state index in [9.17, 15) is 4.79 Å². The number of hydrogen-bond donors (Lipinski definition) is 1. The van der Waals surface area contributed by atoms with Crippen LogP contribution in [0.2, 0.25) is 5.02 Å². The molecular formula is C11H11ClO3. The molecule has 1 aromatic carbocycles. The van der Waals surface area contributed by atoms with Gasteiger partial charge in [-0.3, -0.25) is 0 Å². The molecule has 0 heterocycles. The second kappa shape index (κ2) is 4.11. The molecule has 1 aliphatic carbocycles. The van der Waals surface area contributed by atoms with Gasteiger partial charge < -0.3 is 9.84 Å². The van der Waals surface area contributed by atoms with Gasteiger partial charge in [0.2, 0.25) is 0 Å². The van der Waals surface area contributed by atoms with Crippen LogP contribution in [0, 0.1) is 0 Å². The first kappa shape index (κ1) is 10.3. The standard InChI is InChI=1S/C11H11ClO3/c12-8-3-4-9(7-1-2-7)10(5-8)15-6-11(13)14/h3-5,7H,1-2,6H2,(H,13,14). The molecule has 1 aromatic rings. The number of carbonyl (C=O) groups is 1. The molecule has 1 N–H and O–H groups in total. The van der Waals surface area contributed by atoms with Crippen molar-refractivity contribution in [3.05, 3.63) is 28.8 Å². The first-order valence-electron chi connectivity index (χ1n) is 4.81. The number of hydrogen-bond acceptors (Lipinski definition) is 2. The lowest BCUT2D eigenvalue weighted by Gasteiger charge is -2.09. The van der Waals surface area contributed by atoms with Gasteiger partial charge >= 0.3 is 5.97 Å². The average molecular weight is 227 g/mol. The monoisotopic (exact) mass is 226 g/mol. The minimum Gasteiger partial charge on any atom is -0.482 e. The highest BCUT2D eigenvalue weighted by Crippen LogP contribution is 2.44. The van der Waals surface area contributed by atoms with Crippen LogP contribution in [0.25, 0.3) is 0 Å². The highest BCUT2D eigenvalue weighted by molar-refractivity contribution is 6.30. The lowest BCUT2D eigenvalue weighted by atomic mass is 10.1. The van der Waals surface area contributed by atoms with Crippen molar-refractivity contribution in [2.24, 2.45) is 0 Å². The van der Waals surface area contributed by atoms with Gasteiger partial charge in [-0.15, -0.1) is 0 Å². The molecule has 80 valence electrons. The van der Waals surface area contributed by atoms with E-state index in [1.165, 1.54) is 0 Å². The van der Waals surface area contributed by atoms with Gasteiger partial charge in [0, 0.05) is 5.02 Å². The molecule has 0 aliphatic heterocycles. The predicted molar refractivity (Wildman–Crippen MR) is 56.6 cm³/mol. The lowest BCUT2D eigenvalue weighted by Crippen LogP contribution is -2.10. The van der Waals surface area contributed by atoms with Crippen LogP contribution in [0.1, 0.15) is 24.3 Å². The van der Waals surface area contributed by atoms with E-state index in [-0.39, 0.29) is 6.61 Å². The van der Waals surface area contributed by atoms with E-state index in [0.717, 1.165) is 18.4 Å². The number of halogens is 1. The van der Waals surface area contributed by atoms with Gasteiger partial charge in [0.15, 0.2) is 6.61 Å². The number of carboxylic acids is 1. The Morgan fingerprint density at radius 1 is 1.53 bits per heavy atom. The Bertz CT molecular complexity index is 385. The first-order chi connectivity index (χ1) is 7.16. The summed E-state index contributed by atoms with van der Waals surface area (Å²) in [6.07, 6.45) is 2.29.